The van der Waals surface area contributed by atoms with Crippen LogP contribution in [0.5, 0.6) is 5.75 Å². The summed E-state index contributed by atoms with van der Waals surface area (Å²) in [7, 11) is 1.81. The van der Waals surface area contributed by atoms with Crippen molar-refractivity contribution in [2.24, 2.45) is 13.0 Å². The Hall–Kier alpha value is -2.84. The molecule has 1 aliphatic rings. The van der Waals surface area contributed by atoms with Crippen LogP contribution >= 0.6 is 23.2 Å². The van der Waals surface area contributed by atoms with E-state index in [1.54, 1.807) is 29.2 Å². The number of nitrogens with zero attached hydrogens (tertiary/aromatic N) is 2. The molecule has 0 radical (unpaired) electrons. The molecule has 1 aromatic heterocycles. The fraction of sp³-hybridized carbons (Fsp3) is 0.360. The highest BCUT2D eigenvalue weighted by atomic mass is 35.5. The molecule has 0 aliphatic carbocycles. The van der Waals surface area contributed by atoms with Gasteiger partial charge in [-0.15, -0.1) is 0 Å². The highest BCUT2D eigenvalue weighted by Gasteiger charge is 2.29. The number of fused-ring (bicyclic) bond motifs is 1. The van der Waals surface area contributed by atoms with Gasteiger partial charge < -0.3 is 19.3 Å². The Morgan fingerprint density at radius 3 is 2.49 bits per heavy atom. The normalized spacial score (nSPS) is 14.7. The molecule has 0 bridgehead atoms. The van der Waals surface area contributed by atoms with Crippen LogP contribution in [0.3, 0.4) is 0 Å². The number of hydrogen-bond acceptors (Lipinski definition) is 3. The summed E-state index contributed by atoms with van der Waals surface area (Å²) >= 11 is 13.2. The number of aliphatic carboxylic acids is 1. The molecule has 1 aliphatic heterocycles. The van der Waals surface area contributed by atoms with Gasteiger partial charge in [-0.3, -0.25) is 9.59 Å². The number of piperidine rings is 1. The largest absolute Gasteiger partial charge is 0.481 e. The first-order chi connectivity index (χ1) is 16.6. The lowest BCUT2D eigenvalue weighted by molar-refractivity contribution is -0.143. The number of benzene rings is 2. The lowest BCUT2D eigenvalue weighted by Crippen LogP contribution is -2.40. The number of ether oxygens (including phenoxy) is 1. The van der Waals surface area contributed by atoms with Crippen LogP contribution in [0.1, 0.15) is 40.0 Å². The molecule has 186 valence electrons. The zero-order valence-corrected chi connectivity index (χ0v) is 20.7. The molecule has 0 unspecified atom stereocenters. The molecular weight excluding hydrogens is 501 g/mol. The summed E-state index contributed by atoms with van der Waals surface area (Å²) in [6.45, 7) is -0.415. The van der Waals surface area contributed by atoms with Crippen LogP contribution in [0.4, 0.5) is 8.78 Å². The lowest BCUT2D eigenvalue weighted by Gasteiger charge is -2.30. The topological polar surface area (TPSA) is 71.8 Å². The van der Waals surface area contributed by atoms with Crippen LogP contribution in [-0.4, -0.2) is 46.2 Å². The SMILES string of the molecule is Cc1cc(OC(F)F)cc2c1cc(Cc1c(Cl)ccc(C(=O)N3CCC(C(=O)O)CC3)c1Cl)n2C. The van der Waals surface area contributed by atoms with Crippen LogP contribution < -0.4 is 4.74 Å². The molecule has 4 rings (SSSR count). The summed E-state index contributed by atoms with van der Waals surface area (Å²) in [6, 6.07) is 8.27. The number of carboxylic acid groups (broad SMARTS) is 1. The molecular formula is C25H24Cl2F2N2O4. The predicted molar refractivity (Wildman–Crippen MR) is 130 cm³/mol. The molecule has 1 N–H and O–H groups in total. The highest BCUT2D eigenvalue weighted by Crippen LogP contribution is 2.34. The fourth-order valence-corrected chi connectivity index (χ4v) is 5.16. The molecule has 0 saturated carbocycles. The molecule has 2 aromatic carbocycles. The number of carbonyl (C=O) groups is 2. The maximum atomic E-state index is 13.2. The molecule has 3 aromatic rings. The van der Waals surface area contributed by atoms with Gasteiger partial charge in [0.05, 0.1) is 22.0 Å². The molecule has 1 fully saturated rings. The number of alkyl halides is 2. The molecule has 10 heteroatoms. The van der Waals surface area contributed by atoms with Gasteiger partial charge >= 0.3 is 12.6 Å². The fourth-order valence-electron chi connectivity index (χ4n) is 4.58. The van der Waals surface area contributed by atoms with E-state index in [0.29, 0.717) is 48.5 Å². The molecule has 1 amide bonds. The van der Waals surface area contributed by atoms with Crippen molar-refractivity contribution in [3.63, 3.8) is 0 Å². The standard InChI is InChI=1S/C25H24Cl2F2N2O4/c1-13-9-16(35-25(28)29)12-21-18(13)10-15(30(21)2)11-19-20(26)4-3-17(22(19)27)23(32)31-7-5-14(6-8-31)24(33)34/h3-4,9-10,12,14,25H,5-8,11H2,1-2H3,(H,33,34). The van der Waals surface area contributed by atoms with Crippen molar-refractivity contribution in [3.8, 4) is 5.75 Å². The van der Waals surface area contributed by atoms with Crippen LogP contribution in [0, 0.1) is 12.8 Å². The van der Waals surface area contributed by atoms with Crippen molar-refractivity contribution in [3.05, 3.63) is 62.8 Å². The number of hydrogen-bond donors (Lipinski definition) is 1. The summed E-state index contributed by atoms with van der Waals surface area (Å²) in [4.78, 5) is 26.0. The van der Waals surface area contributed by atoms with Crippen LogP contribution in [0.2, 0.25) is 10.0 Å². The third-order valence-corrected chi connectivity index (χ3v) is 7.36. The second-order valence-corrected chi connectivity index (χ2v) is 9.50. The molecule has 2 heterocycles. The van der Waals surface area contributed by atoms with Crippen molar-refractivity contribution < 1.29 is 28.2 Å². The second-order valence-electron chi connectivity index (χ2n) is 8.72. The van der Waals surface area contributed by atoms with Gasteiger partial charge in [0, 0.05) is 48.7 Å². The van der Waals surface area contributed by atoms with Crippen molar-refractivity contribution in [2.75, 3.05) is 13.1 Å². The Balaban J connectivity index is 1.63. The summed E-state index contributed by atoms with van der Waals surface area (Å²) in [5.74, 6) is -1.48. The summed E-state index contributed by atoms with van der Waals surface area (Å²) in [5, 5.41) is 10.7. The van der Waals surface area contributed by atoms with E-state index < -0.39 is 18.5 Å². The zero-order chi connectivity index (χ0) is 25.4. The minimum absolute atomic E-state index is 0.0769. The first kappa shape index (κ1) is 25.3. The number of carbonyl (C=O) groups excluding carboxylic acids is 1. The summed E-state index contributed by atoms with van der Waals surface area (Å²) in [5.41, 5.74) is 3.21. The Morgan fingerprint density at radius 2 is 1.86 bits per heavy atom. The first-order valence-electron chi connectivity index (χ1n) is 11.1. The number of rotatable bonds is 6. The van der Waals surface area contributed by atoms with E-state index in [0.717, 1.165) is 22.2 Å². The van der Waals surface area contributed by atoms with Gasteiger partial charge in [0.15, 0.2) is 0 Å². The third-order valence-electron chi connectivity index (χ3n) is 6.57. The Morgan fingerprint density at radius 1 is 1.17 bits per heavy atom. The van der Waals surface area contributed by atoms with Crippen LogP contribution in [-0.2, 0) is 18.3 Å². The quantitative estimate of drug-likeness (QED) is 0.434. The molecule has 35 heavy (non-hydrogen) atoms. The summed E-state index contributed by atoms with van der Waals surface area (Å²) in [6.07, 6.45) is 1.10. The van der Waals surface area contributed by atoms with E-state index in [1.807, 2.05) is 24.6 Å². The van der Waals surface area contributed by atoms with Gasteiger partial charge in [0.1, 0.15) is 5.75 Å². The molecule has 6 nitrogen and oxygen atoms in total. The van der Waals surface area contributed by atoms with Crippen LogP contribution in [0.25, 0.3) is 10.9 Å². The van der Waals surface area contributed by atoms with Crippen molar-refractivity contribution in [1.82, 2.24) is 9.47 Å². The number of aromatic nitrogens is 1. The lowest BCUT2D eigenvalue weighted by atomic mass is 9.96. The number of halogens is 4. The maximum absolute atomic E-state index is 13.2. The third kappa shape index (κ3) is 5.09. The average Bonchev–Trinajstić information content (AvgIpc) is 3.12. The predicted octanol–water partition coefficient (Wildman–Crippen LogP) is 5.92. The average molecular weight is 525 g/mol. The molecule has 0 atom stereocenters. The monoisotopic (exact) mass is 524 g/mol. The number of likely N-dealkylation sites (tertiary alicyclic amines) is 1. The van der Waals surface area contributed by atoms with Gasteiger partial charge in [-0.2, -0.15) is 8.78 Å². The minimum Gasteiger partial charge on any atom is -0.481 e. The highest BCUT2D eigenvalue weighted by molar-refractivity contribution is 6.38. The Labute approximate surface area is 211 Å². The number of amides is 1. The van der Waals surface area contributed by atoms with Gasteiger partial charge in [-0.05, 0) is 55.2 Å². The van der Waals surface area contributed by atoms with Gasteiger partial charge in [-0.25, -0.2) is 0 Å². The minimum atomic E-state index is -2.92. The van der Waals surface area contributed by atoms with Crippen molar-refractivity contribution >= 4 is 46.0 Å². The van der Waals surface area contributed by atoms with Gasteiger partial charge in [0.25, 0.3) is 5.91 Å². The van der Waals surface area contributed by atoms with Crippen molar-refractivity contribution in [2.45, 2.75) is 32.8 Å². The second kappa shape index (κ2) is 10.0. The van der Waals surface area contributed by atoms with E-state index in [9.17, 15) is 23.5 Å². The van der Waals surface area contributed by atoms with E-state index in [2.05, 4.69) is 4.74 Å². The Kier molecular flexibility index (Phi) is 7.24. The van der Waals surface area contributed by atoms with Gasteiger partial charge in [-0.1, -0.05) is 23.2 Å². The molecule has 0 spiro atoms. The maximum Gasteiger partial charge on any atom is 0.387 e. The summed E-state index contributed by atoms with van der Waals surface area (Å²) < 4.78 is 31.9. The van der Waals surface area contributed by atoms with E-state index in [1.165, 1.54) is 0 Å². The van der Waals surface area contributed by atoms with E-state index in [-0.39, 0.29) is 16.7 Å². The number of aryl methyl sites for hydroxylation is 2. The number of carboxylic acids is 1. The van der Waals surface area contributed by atoms with Gasteiger partial charge in [0.2, 0.25) is 0 Å². The first-order valence-corrected chi connectivity index (χ1v) is 11.8. The zero-order valence-electron chi connectivity index (χ0n) is 19.2. The van der Waals surface area contributed by atoms with E-state index >= 15 is 0 Å². The van der Waals surface area contributed by atoms with Crippen molar-refractivity contribution in [1.29, 1.82) is 0 Å². The Bertz CT molecular complexity index is 1300. The smallest absolute Gasteiger partial charge is 0.387 e. The van der Waals surface area contributed by atoms with E-state index in [4.69, 9.17) is 23.2 Å². The molecule has 1 saturated heterocycles. The van der Waals surface area contributed by atoms with Crippen LogP contribution in [0.15, 0.2) is 30.3 Å².